The average Bonchev–Trinajstić information content (AvgIpc) is 2.51. The van der Waals surface area contributed by atoms with Gasteiger partial charge in [0, 0.05) is 0 Å². The second-order valence-electron chi connectivity index (χ2n) is 7.13. The van der Waals surface area contributed by atoms with E-state index in [0.29, 0.717) is 0 Å². The molecular formula is C20H43NaO4S. The first kappa shape index (κ1) is 31.6. The zero-order valence-electron chi connectivity index (χ0n) is 17.7. The summed E-state index contributed by atoms with van der Waals surface area (Å²) in [7, 11) is -4.67. The third kappa shape index (κ3) is 39.8. The van der Waals surface area contributed by atoms with Crippen molar-refractivity contribution >= 4 is 10.4 Å². The summed E-state index contributed by atoms with van der Waals surface area (Å²) in [4.78, 5) is 0. The first-order valence-electron chi connectivity index (χ1n) is 10.3. The Bertz CT molecular complexity index is 340. The third-order valence-corrected chi connectivity index (χ3v) is 4.43. The number of hydrogen-bond acceptors (Lipinski definition) is 2. The van der Waals surface area contributed by atoms with Gasteiger partial charge in [0.15, 0.2) is 0 Å². The molecule has 0 saturated carbocycles. The Morgan fingerprint density at radius 3 is 1.15 bits per heavy atom. The maximum Gasteiger partial charge on any atom is 1.00 e. The molecule has 1 atom stereocenters. The minimum absolute atomic E-state index is 0. The topological polar surface area (TPSA) is 74.6 Å². The molecule has 0 aliphatic heterocycles. The minimum Gasteiger partial charge on any atom is -0.340 e. The van der Waals surface area contributed by atoms with Gasteiger partial charge in [-0.1, -0.05) is 117 Å². The van der Waals surface area contributed by atoms with Crippen LogP contribution in [0.5, 0.6) is 0 Å². The molecule has 0 aromatic carbocycles. The van der Waals surface area contributed by atoms with Crippen molar-refractivity contribution in [3.05, 3.63) is 6.92 Å². The van der Waals surface area contributed by atoms with Gasteiger partial charge in [-0.15, -0.1) is 0 Å². The molecule has 0 spiro atoms. The second-order valence-corrected chi connectivity index (χ2v) is 8.03. The van der Waals surface area contributed by atoms with E-state index in [2.05, 4.69) is 20.8 Å². The van der Waals surface area contributed by atoms with E-state index >= 15 is 0 Å². The zero-order valence-corrected chi connectivity index (χ0v) is 20.5. The quantitative estimate of drug-likeness (QED) is 0.177. The maximum atomic E-state index is 8.74. The van der Waals surface area contributed by atoms with Crippen LogP contribution in [-0.2, 0) is 10.4 Å². The van der Waals surface area contributed by atoms with Crippen molar-refractivity contribution in [1.82, 2.24) is 0 Å². The van der Waals surface area contributed by atoms with E-state index in [1.807, 2.05) is 0 Å². The molecule has 0 aliphatic rings. The van der Waals surface area contributed by atoms with E-state index in [9.17, 15) is 0 Å². The smallest absolute Gasteiger partial charge is 0.340 e. The molecule has 6 heteroatoms. The van der Waals surface area contributed by atoms with Gasteiger partial charge >= 0.3 is 40.0 Å². The van der Waals surface area contributed by atoms with Gasteiger partial charge in [0.2, 0.25) is 0 Å². The molecule has 2 N–H and O–H groups in total. The monoisotopic (exact) mass is 402 g/mol. The van der Waals surface area contributed by atoms with Crippen LogP contribution in [-0.4, -0.2) is 17.5 Å². The van der Waals surface area contributed by atoms with Gasteiger partial charge in [0.05, 0.1) is 0 Å². The number of rotatable bonds is 16. The van der Waals surface area contributed by atoms with Crippen LogP contribution in [0.2, 0.25) is 0 Å². The molecule has 0 aromatic rings. The van der Waals surface area contributed by atoms with Crippen LogP contribution in [0.25, 0.3) is 0 Å². The van der Waals surface area contributed by atoms with Crippen LogP contribution < -0.4 is 29.6 Å². The van der Waals surface area contributed by atoms with Crippen molar-refractivity contribution in [2.24, 2.45) is 5.92 Å². The van der Waals surface area contributed by atoms with Gasteiger partial charge in [0.1, 0.15) is 0 Å². The first-order chi connectivity index (χ1) is 11.8. The van der Waals surface area contributed by atoms with Crippen LogP contribution in [0.15, 0.2) is 0 Å². The molecular weight excluding hydrogens is 359 g/mol. The Morgan fingerprint density at radius 2 is 0.885 bits per heavy atom. The van der Waals surface area contributed by atoms with Crippen LogP contribution in [0.4, 0.5) is 0 Å². The van der Waals surface area contributed by atoms with E-state index in [0.717, 1.165) is 5.92 Å². The van der Waals surface area contributed by atoms with Crippen LogP contribution in [0.1, 0.15) is 117 Å². The van der Waals surface area contributed by atoms with E-state index in [1.165, 1.54) is 103 Å². The summed E-state index contributed by atoms with van der Waals surface area (Å²) in [6, 6.07) is 0. The molecule has 0 fully saturated rings. The van der Waals surface area contributed by atoms with Gasteiger partial charge < -0.3 is 6.92 Å². The number of hydrogen-bond donors (Lipinski definition) is 2. The third-order valence-electron chi connectivity index (χ3n) is 4.43. The first-order valence-corrected chi connectivity index (χ1v) is 11.7. The van der Waals surface area contributed by atoms with E-state index in [4.69, 9.17) is 17.5 Å². The SMILES string of the molecule is O=S(=O)(O)O.[CH2-]C(CCCCCCCC)CCCCCCCCCC.[Na+]. The Morgan fingerprint density at radius 1 is 0.654 bits per heavy atom. The molecule has 0 rings (SSSR count). The summed E-state index contributed by atoms with van der Waals surface area (Å²) in [5.74, 6) is 0.723. The van der Waals surface area contributed by atoms with Crippen molar-refractivity contribution in [2.45, 2.75) is 117 Å². The summed E-state index contributed by atoms with van der Waals surface area (Å²) in [6.45, 7) is 8.91. The molecule has 0 aromatic heterocycles. The molecule has 0 heterocycles. The maximum absolute atomic E-state index is 8.74. The van der Waals surface area contributed by atoms with Gasteiger partial charge in [-0.3, -0.25) is 9.11 Å². The Labute approximate surface area is 186 Å². The second kappa shape index (κ2) is 23.9. The molecule has 0 bridgehead atoms. The standard InChI is InChI=1S/C20H41.Na.H2O4S/c1-4-6-8-10-12-13-15-17-19-20(3)18-16-14-11-9-7-5-2;;1-5(2,3)4/h20H,3-19H2,1-2H3;;(H2,1,2,3,4)/q-1;+1;. The summed E-state index contributed by atoms with van der Waals surface area (Å²) in [5.41, 5.74) is 0. The Hall–Kier alpha value is 0.870. The van der Waals surface area contributed by atoms with Crippen molar-refractivity contribution in [3.63, 3.8) is 0 Å². The zero-order chi connectivity index (χ0) is 19.4. The van der Waals surface area contributed by atoms with E-state index in [1.54, 1.807) is 0 Å². The van der Waals surface area contributed by atoms with Gasteiger partial charge in [0.25, 0.3) is 0 Å². The average molecular weight is 403 g/mol. The minimum atomic E-state index is -4.67. The fraction of sp³-hybridized carbons (Fsp3) is 0.950. The van der Waals surface area contributed by atoms with Crippen molar-refractivity contribution in [1.29, 1.82) is 0 Å². The molecule has 0 radical (unpaired) electrons. The van der Waals surface area contributed by atoms with Crippen molar-refractivity contribution in [2.75, 3.05) is 0 Å². The van der Waals surface area contributed by atoms with Crippen molar-refractivity contribution in [3.8, 4) is 0 Å². The molecule has 154 valence electrons. The molecule has 0 amide bonds. The fourth-order valence-corrected chi connectivity index (χ4v) is 2.92. The normalized spacial score (nSPS) is 12.0. The predicted octanol–water partition coefficient (Wildman–Crippen LogP) is 4.07. The number of unbranched alkanes of at least 4 members (excludes halogenated alkanes) is 12. The summed E-state index contributed by atoms with van der Waals surface area (Å²) in [5, 5.41) is 0. The van der Waals surface area contributed by atoms with Gasteiger partial charge in [-0.25, -0.2) is 0 Å². The largest absolute Gasteiger partial charge is 1.00 e. The molecule has 0 saturated heterocycles. The molecule has 4 nitrogen and oxygen atoms in total. The molecule has 0 aliphatic carbocycles. The van der Waals surface area contributed by atoms with Gasteiger partial charge in [-0.2, -0.15) is 14.3 Å². The van der Waals surface area contributed by atoms with E-state index in [-0.39, 0.29) is 29.6 Å². The van der Waals surface area contributed by atoms with Crippen molar-refractivity contribution < 1.29 is 47.1 Å². The molecule has 26 heavy (non-hydrogen) atoms. The Kier molecular flexibility index (Phi) is 29.0. The molecule has 1 unspecified atom stereocenters. The summed E-state index contributed by atoms with van der Waals surface area (Å²) < 4.78 is 31.6. The van der Waals surface area contributed by atoms with E-state index < -0.39 is 10.4 Å². The summed E-state index contributed by atoms with van der Waals surface area (Å²) in [6.07, 6.45) is 22.7. The fourth-order valence-electron chi connectivity index (χ4n) is 2.92. The van der Waals surface area contributed by atoms with Crippen LogP contribution in [0.3, 0.4) is 0 Å². The van der Waals surface area contributed by atoms with Crippen LogP contribution in [0, 0.1) is 12.8 Å². The van der Waals surface area contributed by atoms with Crippen LogP contribution >= 0.6 is 0 Å². The predicted molar refractivity (Wildman–Crippen MR) is 108 cm³/mol. The summed E-state index contributed by atoms with van der Waals surface area (Å²) >= 11 is 0. The Balaban J connectivity index is -0.000000772. The van der Waals surface area contributed by atoms with Gasteiger partial charge in [-0.05, 0) is 0 Å².